The molecule has 36 heavy (non-hydrogen) atoms. The van der Waals surface area contributed by atoms with Gasteiger partial charge in [0.2, 0.25) is 5.88 Å². The summed E-state index contributed by atoms with van der Waals surface area (Å²) in [6.07, 6.45) is 4.56. The fourth-order valence-electron chi connectivity index (χ4n) is 3.65. The summed E-state index contributed by atoms with van der Waals surface area (Å²) in [5, 5.41) is 0.571. The number of benzene rings is 2. The molecular weight excluding hydrogens is 484 g/mol. The van der Waals surface area contributed by atoms with Crippen LogP contribution in [0.1, 0.15) is 12.5 Å². The molecule has 10 heteroatoms. The first-order valence-electron chi connectivity index (χ1n) is 11.1. The number of rotatable bonds is 8. The zero-order valence-corrected chi connectivity index (χ0v) is 20.4. The molecule has 1 atom stereocenters. The molecule has 0 saturated carbocycles. The zero-order valence-electron chi connectivity index (χ0n) is 19.6. The monoisotopic (exact) mass is 506 g/mol. The quantitative estimate of drug-likeness (QED) is 0.335. The van der Waals surface area contributed by atoms with E-state index in [1.165, 1.54) is 30.1 Å². The van der Waals surface area contributed by atoms with Gasteiger partial charge in [-0.25, -0.2) is 9.78 Å². The molecule has 9 nitrogen and oxygen atoms in total. The molecule has 184 valence electrons. The lowest BCUT2D eigenvalue weighted by Crippen LogP contribution is -2.42. The van der Waals surface area contributed by atoms with Crippen LogP contribution in [0, 0.1) is 5.92 Å². The van der Waals surface area contributed by atoms with Crippen molar-refractivity contribution >= 4 is 17.6 Å². The van der Waals surface area contributed by atoms with E-state index in [-0.39, 0.29) is 13.1 Å². The first-order valence-corrected chi connectivity index (χ1v) is 11.4. The molecule has 2 heterocycles. The maximum Gasteiger partial charge on any atom is 0.331 e. The number of methoxy groups -OCH3 is 1. The molecule has 0 aliphatic heterocycles. The van der Waals surface area contributed by atoms with Gasteiger partial charge in [0, 0.05) is 30.0 Å². The van der Waals surface area contributed by atoms with E-state index in [2.05, 4.69) is 9.97 Å². The first kappa shape index (κ1) is 24.9. The maximum atomic E-state index is 13.5. The number of ether oxygens (including phenoxy) is 2. The molecule has 2 aromatic carbocycles. The van der Waals surface area contributed by atoms with Crippen LogP contribution in [0.2, 0.25) is 5.02 Å². The summed E-state index contributed by atoms with van der Waals surface area (Å²) in [5.41, 5.74) is 0.823. The van der Waals surface area contributed by atoms with Gasteiger partial charge in [0.25, 0.3) is 5.56 Å². The third kappa shape index (κ3) is 5.69. The Morgan fingerprint density at radius 3 is 2.39 bits per heavy atom. The third-order valence-corrected chi connectivity index (χ3v) is 5.76. The van der Waals surface area contributed by atoms with Gasteiger partial charge >= 0.3 is 11.7 Å². The summed E-state index contributed by atoms with van der Waals surface area (Å²) >= 11 is 6.01. The molecule has 2 aromatic heterocycles. The van der Waals surface area contributed by atoms with E-state index in [1.54, 1.807) is 49.5 Å². The fourth-order valence-corrected chi connectivity index (χ4v) is 3.78. The van der Waals surface area contributed by atoms with Crippen molar-refractivity contribution in [2.75, 3.05) is 7.11 Å². The highest BCUT2D eigenvalue weighted by Gasteiger charge is 2.19. The Kier molecular flexibility index (Phi) is 7.60. The lowest BCUT2D eigenvalue weighted by atomic mass is 10.1. The number of hydrogen-bond donors (Lipinski definition) is 0. The second kappa shape index (κ2) is 11.0. The van der Waals surface area contributed by atoms with Gasteiger partial charge in [0.05, 0.1) is 31.5 Å². The average Bonchev–Trinajstić information content (AvgIpc) is 2.89. The topological polar surface area (TPSA) is 105 Å². The van der Waals surface area contributed by atoms with Crippen LogP contribution in [-0.2, 0) is 22.6 Å². The van der Waals surface area contributed by atoms with Crippen LogP contribution < -0.4 is 16.0 Å². The summed E-state index contributed by atoms with van der Waals surface area (Å²) in [6, 6.07) is 15.4. The van der Waals surface area contributed by atoms with Gasteiger partial charge in [-0.1, -0.05) is 30.7 Å². The minimum Gasteiger partial charge on any atom is -0.469 e. The molecule has 0 radical (unpaired) electrons. The van der Waals surface area contributed by atoms with Gasteiger partial charge in [0.1, 0.15) is 5.75 Å². The lowest BCUT2D eigenvalue weighted by molar-refractivity contribution is -0.145. The number of halogens is 1. The Balaban J connectivity index is 1.75. The largest absolute Gasteiger partial charge is 0.469 e. The van der Waals surface area contributed by atoms with Gasteiger partial charge in [-0.3, -0.25) is 23.7 Å². The minimum absolute atomic E-state index is 0.101. The standard InChI is InChI=1S/C26H23ClN4O5/c1-17(25(33)35-2)15-31-24(32)13-22(30(26(31)34)16-18-3-7-20(27)8-4-18)19-5-9-21(10-6-19)36-23-14-28-11-12-29-23/h3-14,17H,15-16H2,1-2H3/t17-/m0/s1. The van der Waals surface area contributed by atoms with Gasteiger partial charge in [-0.05, 0) is 47.5 Å². The number of nitrogens with zero attached hydrogens (tertiary/aromatic N) is 4. The van der Waals surface area contributed by atoms with Gasteiger partial charge in [-0.15, -0.1) is 0 Å². The molecular formula is C26H23ClN4O5. The second-order valence-corrected chi connectivity index (χ2v) is 8.50. The van der Waals surface area contributed by atoms with Crippen LogP contribution in [0.15, 0.2) is 82.8 Å². The normalized spacial score (nSPS) is 11.6. The Hall–Kier alpha value is -4.24. The highest BCUT2D eigenvalue weighted by Crippen LogP contribution is 2.24. The van der Waals surface area contributed by atoms with Crippen molar-refractivity contribution in [3.05, 3.63) is 105 Å². The van der Waals surface area contributed by atoms with Gasteiger partial charge in [0.15, 0.2) is 0 Å². The smallest absolute Gasteiger partial charge is 0.331 e. The second-order valence-electron chi connectivity index (χ2n) is 8.07. The molecule has 0 fully saturated rings. The summed E-state index contributed by atoms with van der Waals surface area (Å²) in [5.74, 6) is -0.320. The Morgan fingerprint density at radius 2 is 1.75 bits per heavy atom. The van der Waals surface area contributed by atoms with E-state index in [9.17, 15) is 14.4 Å². The van der Waals surface area contributed by atoms with Crippen molar-refractivity contribution in [3.8, 4) is 22.9 Å². The van der Waals surface area contributed by atoms with Crippen molar-refractivity contribution in [2.24, 2.45) is 5.92 Å². The van der Waals surface area contributed by atoms with Crippen molar-refractivity contribution in [2.45, 2.75) is 20.0 Å². The fraction of sp³-hybridized carbons (Fsp3) is 0.192. The summed E-state index contributed by atoms with van der Waals surface area (Å²) in [7, 11) is 1.27. The Labute approximate surface area is 211 Å². The van der Waals surface area contributed by atoms with E-state index in [0.29, 0.717) is 27.9 Å². The number of carbonyl (C=O) groups excluding carboxylic acids is 1. The molecule has 4 rings (SSSR count). The highest BCUT2D eigenvalue weighted by atomic mass is 35.5. The van der Waals surface area contributed by atoms with E-state index in [4.69, 9.17) is 21.1 Å². The molecule has 0 saturated heterocycles. The van der Waals surface area contributed by atoms with E-state index in [0.717, 1.165) is 10.1 Å². The summed E-state index contributed by atoms with van der Waals surface area (Å²) in [6.45, 7) is 1.69. The Morgan fingerprint density at radius 1 is 1.03 bits per heavy atom. The van der Waals surface area contributed by atoms with Crippen LogP contribution in [0.25, 0.3) is 11.3 Å². The van der Waals surface area contributed by atoms with Crippen LogP contribution >= 0.6 is 11.6 Å². The lowest BCUT2D eigenvalue weighted by Gasteiger charge is -2.17. The average molecular weight is 507 g/mol. The van der Waals surface area contributed by atoms with Gasteiger partial charge in [-0.2, -0.15) is 0 Å². The van der Waals surface area contributed by atoms with Crippen molar-refractivity contribution in [1.29, 1.82) is 0 Å². The molecule has 4 aromatic rings. The van der Waals surface area contributed by atoms with Gasteiger partial charge < -0.3 is 9.47 Å². The number of esters is 1. The van der Waals surface area contributed by atoms with E-state index >= 15 is 0 Å². The third-order valence-electron chi connectivity index (χ3n) is 5.50. The molecule has 0 unspecified atom stereocenters. The summed E-state index contributed by atoms with van der Waals surface area (Å²) in [4.78, 5) is 46.5. The minimum atomic E-state index is -0.673. The number of carbonyl (C=O) groups is 1. The predicted octanol–water partition coefficient (Wildman–Crippen LogP) is 3.77. The number of hydrogen-bond acceptors (Lipinski definition) is 7. The van der Waals surface area contributed by atoms with E-state index < -0.39 is 23.1 Å². The van der Waals surface area contributed by atoms with E-state index in [1.807, 2.05) is 12.1 Å². The molecule has 0 aliphatic rings. The van der Waals surface area contributed by atoms with Crippen molar-refractivity contribution < 1.29 is 14.3 Å². The van der Waals surface area contributed by atoms with Crippen molar-refractivity contribution in [3.63, 3.8) is 0 Å². The first-order chi connectivity index (χ1) is 17.4. The molecule has 0 amide bonds. The van der Waals surface area contributed by atoms with Crippen LogP contribution in [-0.4, -0.2) is 32.2 Å². The molecule has 0 aliphatic carbocycles. The molecule has 0 N–H and O–H groups in total. The Bertz CT molecular complexity index is 1470. The predicted molar refractivity (Wildman–Crippen MR) is 134 cm³/mol. The molecule has 0 spiro atoms. The zero-order chi connectivity index (χ0) is 25.7. The SMILES string of the molecule is COC(=O)[C@@H](C)Cn1c(=O)cc(-c2ccc(Oc3cnccn3)cc2)n(Cc2ccc(Cl)cc2)c1=O. The summed E-state index contributed by atoms with van der Waals surface area (Å²) < 4.78 is 13.0. The van der Waals surface area contributed by atoms with Crippen molar-refractivity contribution in [1.82, 2.24) is 19.1 Å². The number of aromatic nitrogens is 4. The molecule has 0 bridgehead atoms. The van der Waals surface area contributed by atoms with Crippen LogP contribution in [0.5, 0.6) is 11.6 Å². The van der Waals surface area contributed by atoms with Crippen LogP contribution in [0.4, 0.5) is 0 Å². The van der Waals surface area contributed by atoms with Crippen LogP contribution in [0.3, 0.4) is 0 Å². The maximum absolute atomic E-state index is 13.5. The highest BCUT2D eigenvalue weighted by molar-refractivity contribution is 6.30.